The van der Waals surface area contributed by atoms with Crippen LogP contribution in [0.5, 0.6) is 5.75 Å². The van der Waals surface area contributed by atoms with Crippen molar-refractivity contribution in [2.75, 3.05) is 13.4 Å². The Morgan fingerprint density at radius 2 is 2.13 bits per heavy atom. The molecule has 0 spiro atoms. The molecule has 0 unspecified atom stereocenters. The molecule has 1 aromatic rings. The van der Waals surface area contributed by atoms with Gasteiger partial charge in [-0.05, 0) is 44.0 Å². The third-order valence-corrected chi connectivity index (χ3v) is 2.17. The molecule has 0 bridgehead atoms. The average molecular weight is 206 g/mol. The van der Waals surface area contributed by atoms with Gasteiger partial charge in [-0.2, -0.15) is 0 Å². The van der Waals surface area contributed by atoms with Gasteiger partial charge in [0.25, 0.3) is 0 Å². The van der Waals surface area contributed by atoms with Crippen LogP contribution in [0.4, 0.5) is 0 Å². The first kappa shape index (κ1) is 11.8. The van der Waals surface area contributed by atoms with E-state index in [-0.39, 0.29) is 0 Å². The molecule has 0 amide bonds. The van der Waals surface area contributed by atoms with E-state index in [0.717, 1.165) is 22.4 Å². The Hall–Kier alpha value is -1.28. The van der Waals surface area contributed by atoms with E-state index in [1.807, 2.05) is 32.9 Å². The van der Waals surface area contributed by atoms with E-state index in [1.54, 1.807) is 0 Å². The summed E-state index contributed by atoms with van der Waals surface area (Å²) in [4.78, 5) is 0. The number of hydrogen-bond donors (Lipinski definition) is 0. The van der Waals surface area contributed by atoms with Crippen molar-refractivity contribution in [2.24, 2.45) is 0 Å². The molecule has 0 fully saturated rings. The van der Waals surface area contributed by atoms with Crippen LogP contribution in [0.15, 0.2) is 24.8 Å². The van der Waals surface area contributed by atoms with Crippen molar-refractivity contribution in [2.45, 2.75) is 20.8 Å². The molecule has 0 saturated carbocycles. The second kappa shape index (κ2) is 5.56. The molecule has 0 aromatic heterocycles. The molecule has 0 aliphatic heterocycles. The lowest BCUT2D eigenvalue weighted by Crippen LogP contribution is -2.03. The molecule has 0 aliphatic carbocycles. The molecule has 0 N–H and O–H groups in total. The van der Waals surface area contributed by atoms with Gasteiger partial charge >= 0.3 is 0 Å². The number of hydrogen-bond acceptors (Lipinski definition) is 2. The molecule has 0 heterocycles. The van der Waals surface area contributed by atoms with E-state index < -0.39 is 0 Å². The van der Waals surface area contributed by atoms with E-state index in [1.165, 1.54) is 0 Å². The quantitative estimate of drug-likeness (QED) is 0.543. The number of benzene rings is 1. The normalized spacial score (nSPS) is 10.1. The predicted octanol–water partition coefficient (Wildman–Crippen LogP) is 3.40. The van der Waals surface area contributed by atoms with Gasteiger partial charge in [0.05, 0.1) is 0 Å². The van der Waals surface area contributed by atoms with Gasteiger partial charge in [0.15, 0.2) is 6.79 Å². The van der Waals surface area contributed by atoms with E-state index in [0.29, 0.717) is 13.4 Å². The third-order valence-electron chi connectivity index (χ3n) is 2.17. The molecule has 0 radical (unpaired) electrons. The molecular weight excluding hydrogens is 188 g/mol. The van der Waals surface area contributed by atoms with Crippen molar-refractivity contribution >= 4 is 5.57 Å². The van der Waals surface area contributed by atoms with Crippen molar-refractivity contribution in [3.63, 3.8) is 0 Å². The Balaban J connectivity index is 2.70. The van der Waals surface area contributed by atoms with Gasteiger partial charge in [-0.3, -0.25) is 0 Å². The summed E-state index contributed by atoms with van der Waals surface area (Å²) in [7, 11) is 0. The zero-order chi connectivity index (χ0) is 11.3. The van der Waals surface area contributed by atoms with E-state index >= 15 is 0 Å². The van der Waals surface area contributed by atoms with Crippen LogP contribution in [0.25, 0.3) is 5.57 Å². The first-order valence-electron chi connectivity index (χ1n) is 5.12. The van der Waals surface area contributed by atoms with E-state index in [9.17, 15) is 0 Å². The standard InChI is InChI=1S/C13H18O2/c1-5-14-9-15-13-7-6-12(10(2)3)8-11(13)4/h6-8H,2,5,9H2,1,3-4H3. The summed E-state index contributed by atoms with van der Waals surface area (Å²) in [6.45, 7) is 10.8. The second-order valence-electron chi connectivity index (χ2n) is 3.52. The van der Waals surface area contributed by atoms with Gasteiger partial charge in [0.1, 0.15) is 5.75 Å². The fraction of sp³-hybridized carbons (Fsp3) is 0.385. The smallest absolute Gasteiger partial charge is 0.189 e. The van der Waals surface area contributed by atoms with Crippen molar-refractivity contribution in [1.82, 2.24) is 0 Å². The topological polar surface area (TPSA) is 18.5 Å². The van der Waals surface area contributed by atoms with Crippen LogP contribution in [0.3, 0.4) is 0 Å². The Morgan fingerprint density at radius 1 is 1.40 bits per heavy atom. The Kier molecular flexibility index (Phi) is 4.37. The van der Waals surface area contributed by atoms with E-state index in [4.69, 9.17) is 9.47 Å². The summed E-state index contributed by atoms with van der Waals surface area (Å²) in [5, 5.41) is 0. The van der Waals surface area contributed by atoms with Gasteiger partial charge in [-0.25, -0.2) is 0 Å². The van der Waals surface area contributed by atoms with Crippen molar-refractivity contribution in [3.05, 3.63) is 35.9 Å². The Bertz CT molecular complexity index is 342. The SMILES string of the molecule is C=C(C)c1ccc(OCOCC)c(C)c1. The molecule has 82 valence electrons. The summed E-state index contributed by atoms with van der Waals surface area (Å²) in [5.41, 5.74) is 3.32. The molecule has 0 atom stereocenters. The first-order chi connectivity index (χ1) is 7.15. The highest BCUT2D eigenvalue weighted by Crippen LogP contribution is 2.22. The van der Waals surface area contributed by atoms with Gasteiger partial charge in [0.2, 0.25) is 0 Å². The Morgan fingerprint density at radius 3 is 2.67 bits per heavy atom. The number of aryl methyl sites for hydroxylation is 1. The second-order valence-corrected chi connectivity index (χ2v) is 3.52. The maximum atomic E-state index is 5.46. The van der Waals surface area contributed by atoms with Gasteiger partial charge in [0, 0.05) is 6.61 Å². The summed E-state index contributed by atoms with van der Waals surface area (Å²) < 4.78 is 10.6. The predicted molar refractivity (Wildman–Crippen MR) is 63.0 cm³/mol. The highest BCUT2D eigenvalue weighted by Gasteiger charge is 2.01. The highest BCUT2D eigenvalue weighted by atomic mass is 16.7. The first-order valence-corrected chi connectivity index (χ1v) is 5.12. The van der Waals surface area contributed by atoms with Crippen LogP contribution in [-0.4, -0.2) is 13.4 Å². The van der Waals surface area contributed by atoms with Gasteiger partial charge in [-0.1, -0.05) is 18.2 Å². The monoisotopic (exact) mass is 206 g/mol. The minimum atomic E-state index is 0.309. The lowest BCUT2D eigenvalue weighted by molar-refractivity contribution is 0.0220. The van der Waals surface area contributed by atoms with Crippen LogP contribution in [-0.2, 0) is 4.74 Å². The maximum absolute atomic E-state index is 5.46. The van der Waals surface area contributed by atoms with E-state index in [2.05, 4.69) is 12.6 Å². The maximum Gasteiger partial charge on any atom is 0.189 e. The number of ether oxygens (including phenoxy) is 2. The van der Waals surface area contributed by atoms with Crippen LogP contribution in [0.1, 0.15) is 25.0 Å². The van der Waals surface area contributed by atoms with Crippen molar-refractivity contribution < 1.29 is 9.47 Å². The summed E-state index contributed by atoms with van der Waals surface area (Å²) in [6, 6.07) is 6.04. The highest BCUT2D eigenvalue weighted by molar-refractivity contribution is 5.63. The van der Waals surface area contributed by atoms with Crippen molar-refractivity contribution in [3.8, 4) is 5.75 Å². The number of rotatable bonds is 5. The summed E-state index contributed by atoms with van der Waals surface area (Å²) in [6.07, 6.45) is 0. The van der Waals surface area contributed by atoms with Crippen LogP contribution < -0.4 is 4.74 Å². The largest absolute Gasteiger partial charge is 0.467 e. The lowest BCUT2D eigenvalue weighted by atomic mass is 10.1. The van der Waals surface area contributed by atoms with Crippen molar-refractivity contribution in [1.29, 1.82) is 0 Å². The molecule has 0 aliphatic rings. The van der Waals surface area contributed by atoms with Crippen LogP contribution >= 0.6 is 0 Å². The molecule has 15 heavy (non-hydrogen) atoms. The summed E-state index contributed by atoms with van der Waals surface area (Å²) >= 11 is 0. The molecule has 0 saturated heterocycles. The minimum absolute atomic E-state index is 0.309. The molecule has 1 aromatic carbocycles. The summed E-state index contributed by atoms with van der Waals surface area (Å²) in [5.74, 6) is 0.869. The molecule has 1 rings (SSSR count). The Labute approximate surface area is 91.5 Å². The third kappa shape index (κ3) is 3.40. The molecule has 2 heteroatoms. The van der Waals surface area contributed by atoms with Crippen LogP contribution in [0, 0.1) is 6.92 Å². The van der Waals surface area contributed by atoms with Crippen LogP contribution in [0.2, 0.25) is 0 Å². The fourth-order valence-electron chi connectivity index (χ4n) is 1.27. The molecule has 2 nitrogen and oxygen atoms in total. The average Bonchev–Trinajstić information content (AvgIpc) is 2.20. The minimum Gasteiger partial charge on any atom is -0.467 e. The zero-order valence-corrected chi connectivity index (χ0v) is 9.67. The van der Waals surface area contributed by atoms with Gasteiger partial charge < -0.3 is 9.47 Å². The number of allylic oxidation sites excluding steroid dienone is 1. The molecular formula is C13H18O2. The lowest BCUT2D eigenvalue weighted by Gasteiger charge is -2.10. The van der Waals surface area contributed by atoms with Gasteiger partial charge in [-0.15, -0.1) is 0 Å². The fourth-order valence-corrected chi connectivity index (χ4v) is 1.27. The zero-order valence-electron chi connectivity index (χ0n) is 9.67.